The second-order valence-electron chi connectivity index (χ2n) is 7.37. The van der Waals surface area contributed by atoms with E-state index in [4.69, 9.17) is 11.6 Å². The number of rotatable bonds is 4. The van der Waals surface area contributed by atoms with Gasteiger partial charge in [0.2, 0.25) is 0 Å². The van der Waals surface area contributed by atoms with E-state index < -0.39 is 0 Å². The summed E-state index contributed by atoms with van der Waals surface area (Å²) in [6, 6.07) is 18.2. The molecule has 1 aliphatic heterocycles. The van der Waals surface area contributed by atoms with Gasteiger partial charge in [-0.15, -0.1) is 0 Å². The van der Waals surface area contributed by atoms with Gasteiger partial charge in [0.15, 0.2) is 5.78 Å². The van der Waals surface area contributed by atoms with E-state index in [0.29, 0.717) is 28.4 Å². The Morgan fingerprint density at radius 1 is 1.03 bits per heavy atom. The lowest BCUT2D eigenvalue weighted by Crippen LogP contribution is -2.22. The molecule has 7 heteroatoms. The third kappa shape index (κ3) is 3.73. The lowest BCUT2D eigenvalue weighted by atomic mass is 9.98. The van der Waals surface area contributed by atoms with Crippen LogP contribution in [0.15, 0.2) is 79.3 Å². The molecule has 1 unspecified atom stereocenters. The van der Waals surface area contributed by atoms with Crippen molar-refractivity contribution in [1.29, 1.82) is 0 Å². The Labute approximate surface area is 188 Å². The molecule has 4 aromatic rings. The maximum atomic E-state index is 13.5. The van der Waals surface area contributed by atoms with Crippen LogP contribution in [0, 0.1) is 5.92 Å². The number of carbonyl (C=O) groups excluding carboxylic acids is 2. The largest absolute Gasteiger partial charge is 0.314 e. The third-order valence-corrected chi connectivity index (χ3v) is 6.88. The van der Waals surface area contributed by atoms with Gasteiger partial charge >= 0.3 is 0 Å². The average molecular weight is 448 g/mol. The molecule has 1 atom stereocenters. The van der Waals surface area contributed by atoms with Gasteiger partial charge in [0, 0.05) is 46.2 Å². The first-order valence-electron chi connectivity index (χ1n) is 9.87. The molecule has 1 fully saturated rings. The fourth-order valence-corrected chi connectivity index (χ4v) is 5.11. The average Bonchev–Trinajstić information content (AvgIpc) is 3.45. The minimum Gasteiger partial charge on any atom is -0.314 e. The molecule has 2 aromatic carbocycles. The highest BCUT2D eigenvalue weighted by Crippen LogP contribution is 2.34. The third-order valence-electron chi connectivity index (χ3n) is 5.41. The molecule has 5 rings (SSSR count). The number of halogens is 1. The summed E-state index contributed by atoms with van der Waals surface area (Å²) in [5.41, 5.74) is 2.81. The molecule has 0 radical (unpaired) electrons. The Morgan fingerprint density at radius 2 is 1.84 bits per heavy atom. The fraction of sp³-hybridized carbons (Fsp3) is 0.125. The van der Waals surface area contributed by atoms with Crippen LogP contribution in [-0.4, -0.2) is 33.5 Å². The molecule has 0 amide bonds. The Balaban J connectivity index is 1.47. The van der Waals surface area contributed by atoms with E-state index in [9.17, 15) is 9.59 Å². The van der Waals surface area contributed by atoms with Crippen molar-refractivity contribution in [3.8, 4) is 0 Å². The highest BCUT2D eigenvalue weighted by Gasteiger charge is 2.32. The number of Topliss-reactive ketones (excluding diaryl/α,β-unsaturated/α-hetero) is 1. The molecule has 2 aromatic heterocycles. The van der Waals surface area contributed by atoms with E-state index in [0.717, 1.165) is 16.6 Å². The number of para-hydroxylation sites is 1. The Kier molecular flexibility index (Phi) is 5.26. The summed E-state index contributed by atoms with van der Waals surface area (Å²) >= 11 is 7.59. The number of benzene rings is 2. The van der Waals surface area contributed by atoms with Crippen LogP contribution in [0.4, 0.5) is 5.69 Å². The Hall–Kier alpha value is -3.09. The number of aromatic nitrogens is 2. The molecule has 0 N–H and O–H groups in total. The van der Waals surface area contributed by atoms with E-state index >= 15 is 0 Å². The number of pyridine rings is 1. The van der Waals surface area contributed by atoms with E-state index in [1.165, 1.54) is 0 Å². The summed E-state index contributed by atoms with van der Waals surface area (Å²) in [5.74, 6) is 0.399. The van der Waals surface area contributed by atoms with Gasteiger partial charge in [-0.2, -0.15) is 0 Å². The number of hydrogen-bond donors (Lipinski definition) is 0. The molecule has 0 bridgehead atoms. The number of hydrogen-bond acceptors (Lipinski definition) is 5. The monoisotopic (exact) mass is 447 g/mol. The molecule has 31 heavy (non-hydrogen) atoms. The zero-order valence-electron chi connectivity index (χ0n) is 16.4. The van der Waals surface area contributed by atoms with Gasteiger partial charge in [0.05, 0.1) is 23.3 Å². The molecule has 1 aliphatic rings. The van der Waals surface area contributed by atoms with Gasteiger partial charge in [-0.25, -0.2) is 0 Å². The van der Waals surface area contributed by atoms with Gasteiger partial charge in [-0.05, 0) is 54.4 Å². The minimum atomic E-state index is -0.190. The van der Waals surface area contributed by atoms with Crippen molar-refractivity contribution in [2.24, 2.45) is 5.92 Å². The molecular weight excluding hydrogens is 430 g/mol. The molecular formula is C24H18ClN3O2S. The van der Waals surface area contributed by atoms with Gasteiger partial charge < -0.3 is 4.31 Å². The second kappa shape index (κ2) is 8.21. The van der Waals surface area contributed by atoms with Crippen molar-refractivity contribution in [2.75, 3.05) is 16.6 Å². The predicted octanol–water partition coefficient (Wildman–Crippen LogP) is 5.35. The molecule has 5 nitrogen and oxygen atoms in total. The smallest absolute Gasteiger partial charge is 0.262 e. The maximum absolute atomic E-state index is 13.5. The van der Waals surface area contributed by atoms with Crippen LogP contribution < -0.4 is 4.31 Å². The number of nitrogens with zero attached hydrogens (tertiary/aromatic N) is 3. The molecule has 154 valence electrons. The standard InChI is InChI=1S/C24H18ClN3O2S/c25-18-9-7-16(8-10-18)24(30)27-14-21(20-5-1-2-6-22(20)27)23(29)17-13-28(31-15-17)19-4-3-11-26-12-19/h1-12,14,17H,13,15H2. The van der Waals surface area contributed by atoms with E-state index in [2.05, 4.69) is 9.29 Å². The second-order valence-corrected chi connectivity index (χ2v) is 8.84. The summed E-state index contributed by atoms with van der Waals surface area (Å²) < 4.78 is 3.67. The van der Waals surface area contributed by atoms with E-state index in [1.807, 2.05) is 36.4 Å². The van der Waals surface area contributed by atoms with Crippen LogP contribution >= 0.6 is 23.5 Å². The highest BCUT2D eigenvalue weighted by molar-refractivity contribution is 8.00. The number of anilines is 1. The van der Waals surface area contributed by atoms with Crippen molar-refractivity contribution in [3.63, 3.8) is 0 Å². The van der Waals surface area contributed by atoms with E-state index in [1.54, 1.807) is 59.4 Å². The quantitative estimate of drug-likeness (QED) is 0.312. The fourth-order valence-electron chi connectivity index (χ4n) is 3.82. The zero-order chi connectivity index (χ0) is 21.4. The van der Waals surface area contributed by atoms with Crippen molar-refractivity contribution >= 4 is 51.8 Å². The molecule has 1 saturated heterocycles. The molecule has 0 aliphatic carbocycles. The topological polar surface area (TPSA) is 55.2 Å². The maximum Gasteiger partial charge on any atom is 0.262 e. The lowest BCUT2D eigenvalue weighted by Gasteiger charge is -2.15. The van der Waals surface area contributed by atoms with Crippen molar-refractivity contribution in [1.82, 2.24) is 9.55 Å². The summed E-state index contributed by atoms with van der Waals surface area (Å²) in [6.07, 6.45) is 5.22. The highest BCUT2D eigenvalue weighted by atomic mass is 35.5. The van der Waals surface area contributed by atoms with Crippen LogP contribution in [0.1, 0.15) is 20.7 Å². The zero-order valence-corrected chi connectivity index (χ0v) is 18.0. The summed E-state index contributed by atoms with van der Waals surface area (Å²) in [6.45, 7) is 0.611. The number of ketones is 1. The van der Waals surface area contributed by atoms with Gasteiger partial charge in [-0.1, -0.05) is 29.8 Å². The van der Waals surface area contributed by atoms with E-state index in [-0.39, 0.29) is 17.6 Å². The molecule has 0 saturated carbocycles. The van der Waals surface area contributed by atoms with Crippen LogP contribution in [0.25, 0.3) is 10.9 Å². The number of carbonyl (C=O) groups is 2. The van der Waals surface area contributed by atoms with Crippen molar-refractivity contribution < 1.29 is 9.59 Å². The SMILES string of the molecule is O=C(c1cn(C(=O)c2ccc(Cl)cc2)c2ccccc12)C1CSN(c2cccnc2)C1. The minimum absolute atomic E-state index is 0.0535. The van der Waals surface area contributed by atoms with Crippen molar-refractivity contribution in [3.05, 3.63) is 95.4 Å². The van der Waals surface area contributed by atoms with Gasteiger partial charge in [0.1, 0.15) is 0 Å². The van der Waals surface area contributed by atoms with Crippen LogP contribution in [0.5, 0.6) is 0 Å². The van der Waals surface area contributed by atoms with Gasteiger partial charge in [0.25, 0.3) is 5.91 Å². The first kappa shape index (κ1) is 19.8. The Bertz CT molecular complexity index is 1270. The lowest BCUT2D eigenvalue weighted by molar-refractivity contribution is 0.0941. The first-order chi connectivity index (χ1) is 15.1. The predicted molar refractivity (Wildman–Crippen MR) is 125 cm³/mol. The van der Waals surface area contributed by atoms with Crippen LogP contribution in [0.3, 0.4) is 0 Å². The Morgan fingerprint density at radius 3 is 2.61 bits per heavy atom. The first-order valence-corrected chi connectivity index (χ1v) is 11.2. The summed E-state index contributed by atoms with van der Waals surface area (Å²) in [5, 5.41) is 1.36. The van der Waals surface area contributed by atoms with Crippen LogP contribution in [0.2, 0.25) is 5.02 Å². The normalized spacial score (nSPS) is 16.0. The summed E-state index contributed by atoms with van der Waals surface area (Å²) in [7, 11) is 0. The molecule has 3 heterocycles. The van der Waals surface area contributed by atoms with Crippen molar-refractivity contribution in [2.45, 2.75) is 0 Å². The van der Waals surface area contributed by atoms with Crippen LogP contribution in [-0.2, 0) is 0 Å². The van der Waals surface area contributed by atoms with Gasteiger partial charge in [-0.3, -0.25) is 19.1 Å². The number of fused-ring (bicyclic) bond motifs is 1. The summed E-state index contributed by atoms with van der Waals surface area (Å²) in [4.78, 5) is 30.8. The molecule has 0 spiro atoms.